The van der Waals surface area contributed by atoms with Gasteiger partial charge in [-0.05, 0) is 31.1 Å². The van der Waals surface area contributed by atoms with Crippen molar-refractivity contribution in [3.63, 3.8) is 0 Å². The van der Waals surface area contributed by atoms with Crippen molar-refractivity contribution in [2.45, 2.75) is 19.3 Å². The predicted octanol–water partition coefficient (Wildman–Crippen LogP) is 0.818. The van der Waals surface area contributed by atoms with Gasteiger partial charge in [-0.3, -0.25) is 9.59 Å². The molecule has 4 atom stereocenters. The van der Waals surface area contributed by atoms with Crippen LogP contribution >= 0.6 is 0 Å². The lowest BCUT2D eigenvalue weighted by atomic mass is 9.79. The molecule has 0 spiro atoms. The van der Waals surface area contributed by atoms with E-state index < -0.39 is 23.8 Å². The second kappa shape index (κ2) is 2.72. The number of carbonyl (C=O) groups is 2. The fourth-order valence-corrected chi connectivity index (χ4v) is 3.00. The molecule has 0 aliphatic heterocycles. The van der Waals surface area contributed by atoms with Crippen LogP contribution in [0.15, 0.2) is 0 Å². The third-order valence-electron chi connectivity index (χ3n) is 3.49. The molecule has 2 bridgehead atoms. The van der Waals surface area contributed by atoms with E-state index in [0.29, 0.717) is 0 Å². The summed E-state index contributed by atoms with van der Waals surface area (Å²) in [7, 11) is 0. The Morgan fingerprint density at radius 1 is 0.923 bits per heavy atom. The first-order chi connectivity index (χ1) is 6.11. The van der Waals surface area contributed by atoms with E-state index >= 15 is 0 Å². The van der Waals surface area contributed by atoms with Crippen molar-refractivity contribution in [2.24, 2.45) is 23.7 Å². The maximum absolute atomic E-state index is 10.8. The van der Waals surface area contributed by atoms with Gasteiger partial charge in [-0.2, -0.15) is 0 Å². The lowest BCUT2D eigenvalue weighted by molar-refractivity contribution is -0.156. The van der Waals surface area contributed by atoms with Crippen molar-refractivity contribution in [1.29, 1.82) is 0 Å². The minimum Gasteiger partial charge on any atom is -0.481 e. The van der Waals surface area contributed by atoms with Crippen LogP contribution in [0, 0.1) is 23.7 Å². The van der Waals surface area contributed by atoms with Crippen molar-refractivity contribution < 1.29 is 19.8 Å². The van der Waals surface area contributed by atoms with Crippen LogP contribution in [-0.4, -0.2) is 22.2 Å². The second-order valence-corrected chi connectivity index (χ2v) is 4.06. The maximum atomic E-state index is 10.8. The Bertz CT molecular complexity index is 234. The van der Waals surface area contributed by atoms with Crippen molar-refractivity contribution in [3.8, 4) is 0 Å². The van der Waals surface area contributed by atoms with Crippen molar-refractivity contribution in [2.75, 3.05) is 0 Å². The fraction of sp³-hybridized carbons (Fsp3) is 0.778. The van der Waals surface area contributed by atoms with Gasteiger partial charge >= 0.3 is 11.9 Å². The highest BCUT2D eigenvalue weighted by atomic mass is 16.4. The Labute approximate surface area is 75.6 Å². The smallest absolute Gasteiger partial charge is 0.307 e. The van der Waals surface area contributed by atoms with Crippen LogP contribution < -0.4 is 0 Å². The molecule has 2 fully saturated rings. The molecule has 0 heterocycles. The van der Waals surface area contributed by atoms with E-state index in [1.54, 1.807) is 0 Å². The molecule has 0 aromatic heterocycles. The third kappa shape index (κ3) is 1.12. The highest BCUT2D eigenvalue weighted by molar-refractivity contribution is 5.81. The summed E-state index contributed by atoms with van der Waals surface area (Å²) in [4.78, 5) is 21.7. The molecule has 0 radical (unpaired) electrons. The SMILES string of the molecule is O=C(O)[C@@H]1[C@@H]2CC[C@H](C2)[C@@H]1C(=O)O. The van der Waals surface area contributed by atoms with Crippen molar-refractivity contribution in [1.82, 2.24) is 0 Å². The summed E-state index contributed by atoms with van der Waals surface area (Å²) in [6.45, 7) is 0. The van der Waals surface area contributed by atoms with Gasteiger partial charge in [0.15, 0.2) is 0 Å². The summed E-state index contributed by atoms with van der Waals surface area (Å²) in [5.41, 5.74) is 0. The Morgan fingerprint density at radius 3 is 1.62 bits per heavy atom. The normalized spacial score (nSPS) is 42.2. The zero-order valence-electron chi connectivity index (χ0n) is 7.14. The van der Waals surface area contributed by atoms with Gasteiger partial charge in [0.05, 0.1) is 11.8 Å². The molecule has 72 valence electrons. The first-order valence-electron chi connectivity index (χ1n) is 4.57. The lowest BCUT2D eigenvalue weighted by Gasteiger charge is -2.24. The molecule has 0 aromatic rings. The standard InChI is InChI=1S/C9H12O4/c10-8(11)6-4-1-2-5(3-4)7(6)9(12)13/h4-7H,1-3H2,(H,10,11)(H,12,13)/t4-,5-,6-,7+/m1/s1. The Kier molecular flexibility index (Phi) is 1.78. The van der Waals surface area contributed by atoms with Gasteiger partial charge in [-0.25, -0.2) is 0 Å². The maximum Gasteiger partial charge on any atom is 0.307 e. The topological polar surface area (TPSA) is 74.6 Å². The summed E-state index contributed by atoms with van der Waals surface area (Å²) in [6, 6.07) is 0. The highest BCUT2D eigenvalue weighted by Gasteiger charge is 2.54. The molecule has 13 heavy (non-hydrogen) atoms. The Morgan fingerprint density at radius 2 is 1.31 bits per heavy atom. The molecule has 0 saturated heterocycles. The summed E-state index contributed by atoms with van der Waals surface area (Å²) < 4.78 is 0. The van der Waals surface area contributed by atoms with Crippen LogP contribution in [0.2, 0.25) is 0 Å². The Hall–Kier alpha value is -1.06. The molecular weight excluding hydrogens is 172 g/mol. The molecular formula is C9H12O4. The predicted molar refractivity (Wildman–Crippen MR) is 43.1 cm³/mol. The second-order valence-electron chi connectivity index (χ2n) is 4.06. The molecule has 2 saturated carbocycles. The number of carboxylic acid groups (broad SMARTS) is 2. The summed E-state index contributed by atoms with van der Waals surface area (Å²) >= 11 is 0. The molecule has 0 unspecified atom stereocenters. The monoisotopic (exact) mass is 184 g/mol. The van der Waals surface area contributed by atoms with E-state index in [4.69, 9.17) is 10.2 Å². The zero-order valence-corrected chi connectivity index (χ0v) is 7.14. The first-order valence-corrected chi connectivity index (χ1v) is 4.57. The van der Waals surface area contributed by atoms with Gasteiger partial charge in [0.1, 0.15) is 0 Å². The van der Waals surface area contributed by atoms with Gasteiger partial charge in [0, 0.05) is 0 Å². The average Bonchev–Trinajstić information content (AvgIpc) is 2.60. The molecule has 2 aliphatic carbocycles. The van der Waals surface area contributed by atoms with Crippen molar-refractivity contribution >= 4 is 11.9 Å². The highest BCUT2D eigenvalue weighted by Crippen LogP contribution is 2.52. The summed E-state index contributed by atoms with van der Waals surface area (Å²) in [6.07, 6.45) is 2.59. The summed E-state index contributed by atoms with van der Waals surface area (Å²) in [5.74, 6) is -2.89. The van der Waals surface area contributed by atoms with E-state index in [-0.39, 0.29) is 11.8 Å². The zero-order chi connectivity index (χ0) is 9.59. The van der Waals surface area contributed by atoms with Crippen LogP contribution in [0.3, 0.4) is 0 Å². The molecule has 0 amide bonds. The van der Waals surface area contributed by atoms with E-state index in [1.165, 1.54) is 0 Å². The first kappa shape index (κ1) is 8.53. The molecule has 0 aromatic carbocycles. The van der Waals surface area contributed by atoms with Crippen LogP contribution in [0.4, 0.5) is 0 Å². The average molecular weight is 184 g/mol. The fourth-order valence-electron chi connectivity index (χ4n) is 3.00. The van der Waals surface area contributed by atoms with Crippen LogP contribution in [0.25, 0.3) is 0 Å². The number of hydrogen-bond acceptors (Lipinski definition) is 2. The summed E-state index contributed by atoms with van der Waals surface area (Å²) in [5, 5.41) is 17.8. The number of rotatable bonds is 2. The van der Waals surface area contributed by atoms with Crippen LogP contribution in [0.1, 0.15) is 19.3 Å². The van der Waals surface area contributed by atoms with Crippen LogP contribution in [-0.2, 0) is 9.59 Å². The minimum atomic E-state index is -0.931. The van der Waals surface area contributed by atoms with Gasteiger partial charge in [-0.15, -0.1) is 0 Å². The largest absolute Gasteiger partial charge is 0.481 e. The minimum absolute atomic E-state index is 0.114. The van der Waals surface area contributed by atoms with E-state index in [9.17, 15) is 9.59 Å². The van der Waals surface area contributed by atoms with E-state index in [2.05, 4.69) is 0 Å². The van der Waals surface area contributed by atoms with E-state index in [1.807, 2.05) is 0 Å². The molecule has 4 heteroatoms. The third-order valence-corrected chi connectivity index (χ3v) is 3.49. The van der Waals surface area contributed by atoms with Gasteiger partial charge < -0.3 is 10.2 Å². The van der Waals surface area contributed by atoms with Gasteiger partial charge in [0.2, 0.25) is 0 Å². The van der Waals surface area contributed by atoms with Crippen LogP contribution in [0.5, 0.6) is 0 Å². The molecule has 2 rings (SSSR count). The number of fused-ring (bicyclic) bond motifs is 2. The Balaban J connectivity index is 2.24. The lowest BCUT2D eigenvalue weighted by Crippen LogP contribution is -2.34. The quantitative estimate of drug-likeness (QED) is 0.666. The number of carboxylic acids is 2. The molecule has 4 nitrogen and oxygen atoms in total. The van der Waals surface area contributed by atoms with Gasteiger partial charge in [0.25, 0.3) is 0 Å². The van der Waals surface area contributed by atoms with Gasteiger partial charge in [-0.1, -0.05) is 0 Å². The number of aliphatic carboxylic acids is 2. The molecule has 2 N–H and O–H groups in total. The van der Waals surface area contributed by atoms with E-state index in [0.717, 1.165) is 19.3 Å². The number of hydrogen-bond donors (Lipinski definition) is 2. The van der Waals surface area contributed by atoms with Crippen molar-refractivity contribution in [3.05, 3.63) is 0 Å². The molecule has 2 aliphatic rings.